The first-order valence-corrected chi connectivity index (χ1v) is 6.59. The highest BCUT2D eigenvalue weighted by Gasteiger charge is 2.29. The van der Waals surface area contributed by atoms with E-state index in [0.717, 1.165) is 6.42 Å². The third kappa shape index (κ3) is 4.38. The number of nitrogens with zero attached hydrogens (tertiary/aromatic N) is 1. The van der Waals surface area contributed by atoms with Crippen LogP contribution >= 0.6 is 0 Å². The molecular formula is C13H24N2O3. The monoisotopic (exact) mass is 256 g/mol. The maximum Gasteiger partial charge on any atom is 0.237 e. The summed E-state index contributed by atoms with van der Waals surface area (Å²) in [5.41, 5.74) is 0. The van der Waals surface area contributed by atoms with Gasteiger partial charge in [-0.2, -0.15) is 0 Å². The molecule has 1 aliphatic heterocycles. The lowest BCUT2D eigenvalue weighted by molar-refractivity contribution is -0.132. The molecule has 1 N–H and O–H groups in total. The van der Waals surface area contributed by atoms with Crippen LogP contribution in [0.2, 0.25) is 0 Å². The van der Waals surface area contributed by atoms with Gasteiger partial charge >= 0.3 is 0 Å². The minimum atomic E-state index is -0.164. The predicted molar refractivity (Wildman–Crippen MR) is 69.3 cm³/mol. The molecule has 0 aromatic rings. The molecular weight excluding hydrogens is 232 g/mol. The number of rotatable bonds is 6. The first kappa shape index (κ1) is 15.1. The lowest BCUT2D eigenvalue weighted by atomic mass is 9.97. The van der Waals surface area contributed by atoms with E-state index in [1.54, 1.807) is 7.11 Å². The largest absolute Gasteiger partial charge is 0.385 e. The van der Waals surface area contributed by atoms with Crippen molar-refractivity contribution in [1.82, 2.24) is 10.2 Å². The van der Waals surface area contributed by atoms with E-state index in [2.05, 4.69) is 10.2 Å². The number of carbonyl (C=O) groups excluding carboxylic acids is 2. The van der Waals surface area contributed by atoms with Gasteiger partial charge in [-0.1, -0.05) is 6.92 Å². The number of methoxy groups -OCH3 is 1. The number of piperidine rings is 1. The Bertz CT molecular complexity index is 294. The summed E-state index contributed by atoms with van der Waals surface area (Å²) in [5, 5.41) is 2.90. The number of likely N-dealkylation sites (tertiary alicyclic amines) is 1. The second-order valence-corrected chi connectivity index (χ2v) is 4.93. The molecule has 2 unspecified atom stereocenters. The molecule has 5 nitrogen and oxygen atoms in total. The summed E-state index contributed by atoms with van der Waals surface area (Å²) in [6, 6.07) is -0.164. The summed E-state index contributed by atoms with van der Waals surface area (Å²) in [6.07, 6.45) is 1.38. The Balaban J connectivity index is 2.32. The Kier molecular flexibility index (Phi) is 6.29. The molecule has 1 aliphatic rings. The number of amides is 1. The van der Waals surface area contributed by atoms with Crippen LogP contribution in [-0.4, -0.2) is 56.0 Å². The zero-order valence-electron chi connectivity index (χ0n) is 11.6. The first-order chi connectivity index (χ1) is 8.56. The van der Waals surface area contributed by atoms with Gasteiger partial charge in [-0.05, 0) is 13.3 Å². The number of carbonyl (C=O) groups is 2. The highest BCUT2D eigenvalue weighted by molar-refractivity contribution is 5.83. The van der Waals surface area contributed by atoms with Crippen LogP contribution in [0.3, 0.4) is 0 Å². The van der Waals surface area contributed by atoms with Crippen molar-refractivity contribution in [3.8, 4) is 0 Å². The van der Waals surface area contributed by atoms with Crippen LogP contribution in [0.1, 0.15) is 26.7 Å². The molecule has 0 saturated carbocycles. The maximum absolute atomic E-state index is 11.9. The van der Waals surface area contributed by atoms with Crippen molar-refractivity contribution in [2.75, 3.05) is 33.4 Å². The molecule has 1 fully saturated rings. The topological polar surface area (TPSA) is 58.6 Å². The van der Waals surface area contributed by atoms with Crippen LogP contribution in [0.4, 0.5) is 0 Å². The third-order valence-corrected chi connectivity index (χ3v) is 3.46. The van der Waals surface area contributed by atoms with Gasteiger partial charge in [0, 0.05) is 45.7 Å². The molecule has 1 rings (SSSR count). The number of nitrogens with one attached hydrogen (secondary N) is 1. The molecule has 0 aromatic carbocycles. The summed E-state index contributed by atoms with van der Waals surface area (Å²) >= 11 is 0. The van der Waals surface area contributed by atoms with E-state index in [9.17, 15) is 9.59 Å². The van der Waals surface area contributed by atoms with Crippen molar-refractivity contribution in [3.05, 3.63) is 0 Å². The van der Waals surface area contributed by atoms with Gasteiger partial charge in [0.1, 0.15) is 5.78 Å². The van der Waals surface area contributed by atoms with E-state index in [4.69, 9.17) is 4.74 Å². The molecule has 0 aromatic heterocycles. The average Bonchev–Trinajstić information content (AvgIpc) is 2.37. The Hall–Kier alpha value is -0.940. The molecule has 2 atom stereocenters. The van der Waals surface area contributed by atoms with Crippen LogP contribution in [0.5, 0.6) is 0 Å². The smallest absolute Gasteiger partial charge is 0.237 e. The van der Waals surface area contributed by atoms with E-state index in [1.165, 1.54) is 0 Å². The normalized spacial score (nSPS) is 22.8. The van der Waals surface area contributed by atoms with Crippen molar-refractivity contribution in [2.45, 2.75) is 32.7 Å². The fraction of sp³-hybridized carbons (Fsp3) is 0.846. The van der Waals surface area contributed by atoms with Crippen molar-refractivity contribution in [3.63, 3.8) is 0 Å². The number of ketones is 1. The van der Waals surface area contributed by atoms with Crippen molar-refractivity contribution >= 4 is 11.7 Å². The van der Waals surface area contributed by atoms with Crippen molar-refractivity contribution in [1.29, 1.82) is 0 Å². The molecule has 0 radical (unpaired) electrons. The first-order valence-electron chi connectivity index (χ1n) is 6.59. The Morgan fingerprint density at radius 1 is 1.61 bits per heavy atom. The Morgan fingerprint density at radius 3 is 2.94 bits per heavy atom. The molecule has 18 heavy (non-hydrogen) atoms. The van der Waals surface area contributed by atoms with Gasteiger partial charge in [-0.3, -0.25) is 14.5 Å². The Labute approximate surface area is 109 Å². The number of Topliss-reactive ketones (excluding diaryl/α,β-unsaturated/α-hetero) is 1. The summed E-state index contributed by atoms with van der Waals surface area (Å²) in [7, 11) is 1.65. The number of hydrogen-bond donors (Lipinski definition) is 1. The predicted octanol–water partition coefficient (Wildman–Crippen LogP) is 0.439. The molecule has 0 spiro atoms. The highest BCUT2D eigenvalue weighted by atomic mass is 16.5. The molecule has 0 bridgehead atoms. The lowest BCUT2D eigenvalue weighted by Gasteiger charge is -2.33. The average molecular weight is 256 g/mol. The van der Waals surface area contributed by atoms with E-state index < -0.39 is 0 Å². The van der Waals surface area contributed by atoms with Crippen LogP contribution in [0.25, 0.3) is 0 Å². The van der Waals surface area contributed by atoms with Gasteiger partial charge in [0.25, 0.3) is 0 Å². The van der Waals surface area contributed by atoms with Crippen LogP contribution in [-0.2, 0) is 14.3 Å². The zero-order chi connectivity index (χ0) is 13.5. The minimum absolute atomic E-state index is 0.0349. The number of hydrogen-bond acceptors (Lipinski definition) is 4. The summed E-state index contributed by atoms with van der Waals surface area (Å²) < 4.78 is 4.93. The molecule has 1 amide bonds. The number of ether oxygens (including phenoxy) is 1. The SMILES string of the molecule is COCCCNC(=O)C(C)N1CCC(=O)C(C)C1. The van der Waals surface area contributed by atoms with Gasteiger partial charge in [0.05, 0.1) is 6.04 Å². The van der Waals surface area contributed by atoms with E-state index in [1.807, 2.05) is 13.8 Å². The highest BCUT2D eigenvalue weighted by Crippen LogP contribution is 2.14. The van der Waals surface area contributed by atoms with Crippen molar-refractivity contribution < 1.29 is 14.3 Å². The second kappa shape index (κ2) is 7.48. The second-order valence-electron chi connectivity index (χ2n) is 4.93. The molecule has 104 valence electrons. The lowest BCUT2D eigenvalue weighted by Crippen LogP contribution is -2.50. The maximum atomic E-state index is 11.9. The van der Waals surface area contributed by atoms with E-state index in [-0.39, 0.29) is 17.9 Å². The van der Waals surface area contributed by atoms with Gasteiger partial charge in [0.15, 0.2) is 0 Å². The molecule has 1 heterocycles. The molecule has 5 heteroatoms. The molecule has 1 saturated heterocycles. The quantitative estimate of drug-likeness (QED) is 0.701. The summed E-state index contributed by atoms with van der Waals surface area (Å²) in [4.78, 5) is 25.4. The van der Waals surface area contributed by atoms with Crippen LogP contribution in [0.15, 0.2) is 0 Å². The molecule has 0 aliphatic carbocycles. The van der Waals surface area contributed by atoms with E-state index >= 15 is 0 Å². The zero-order valence-corrected chi connectivity index (χ0v) is 11.6. The van der Waals surface area contributed by atoms with Gasteiger partial charge in [-0.15, -0.1) is 0 Å². The fourth-order valence-electron chi connectivity index (χ4n) is 2.14. The van der Waals surface area contributed by atoms with E-state index in [0.29, 0.717) is 38.4 Å². The fourth-order valence-corrected chi connectivity index (χ4v) is 2.14. The summed E-state index contributed by atoms with van der Waals surface area (Å²) in [6.45, 7) is 6.50. The standard InChI is InChI=1S/C13H24N2O3/c1-10-9-15(7-5-12(10)16)11(2)13(17)14-6-4-8-18-3/h10-11H,4-9H2,1-3H3,(H,14,17). The van der Waals surface area contributed by atoms with Crippen LogP contribution in [0, 0.1) is 5.92 Å². The van der Waals surface area contributed by atoms with Gasteiger partial charge < -0.3 is 10.1 Å². The van der Waals surface area contributed by atoms with Crippen LogP contribution < -0.4 is 5.32 Å². The minimum Gasteiger partial charge on any atom is -0.385 e. The van der Waals surface area contributed by atoms with Gasteiger partial charge in [0.2, 0.25) is 5.91 Å². The summed E-state index contributed by atoms with van der Waals surface area (Å²) in [5.74, 6) is 0.383. The Morgan fingerprint density at radius 2 is 2.33 bits per heavy atom. The van der Waals surface area contributed by atoms with Gasteiger partial charge in [-0.25, -0.2) is 0 Å². The van der Waals surface area contributed by atoms with Crippen molar-refractivity contribution in [2.24, 2.45) is 5.92 Å². The third-order valence-electron chi connectivity index (χ3n) is 3.46.